The molecule has 0 aliphatic carbocycles. The third-order valence-corrected chi connectivity index (χ3v) is 2.36. The molecule has 2 nitrogen and oxygen atoms in total. The lowest BCUT2D eigenvalue weighted by Gasteiger charge is -2.13. The summed E-state index contributed by atoms with van der Waals surface area (Å²) in [5, 5.41) is 0. The Labute approximate surface area is 86.4 Å². The molecule has 0 saturated heterocycles. The average Bonchev–Trinajstić information content (AvgIpc) is 2.02. The summed E-state index contributed by atoms with van der Waals surface area (Å²) in [6.45, 7) is 0. The van der Waals surface area contributed by atoms with Crippen molar-refractivity contribution in [2.45, 2.75) is 6.18 Å². The van der Waals surface area contributed by atoms with E-state index < -0.39 is 11.7 Å². The molecule has 0 spiro atoms. The minimum Gasteiger partial charge on any atom is -0.323 e. The predicted molar refractivity (Wildman–Crippen MR) is 52.0 cm³/mol. The molecule has 0 bridgehead atoms. The molecule has 1 rings (SSSR count). The van der Waals surface area contributed by atoms with Crippen LogP contribution in [-0.2, 0) is 6.18 Å². The molecule has 0 fully saturated rings. The van der Waals surface area contributed by atoms with E-state index in [1.165, 1.54) is 6.07 Å². The summed E-state index contributed by atoms with van der Waals surface area (Å²) in [7, 11) is 0. The zero-order chi connectivity index (χ0) is 10.1. The number of alkyl halides is 3. The van der Waals surface area contributed by atoms with Gasteiger partial charge in [0.05, 0.1) is 11.3 Å². The molecule has 13 heavy (non-hydrogen) atoms. The minimum atomic E-state index is -4.37. The van der Waals surface area contributed by atoms with Crippen molar-refractivity contribution < 1.29 is 13.2 Å². The lowest BCUT2D eigenvalue weighted by atomic mass is 10.2. The zero-order valence-corrected chi connectivity index (χ0v) is 8.48. The summed E-state index contributed by atoms with van der Waals surface area (Å²) in [4.78, 5) is 0. The highest BCUT2D eigenvalue weighted by atomic mass is 127. The third kappa shape index (κ3) is 2.25. The second-order valence-electron chi connectivity index (χ2n) is 2.30. The fourth-order valence-corrected chi connectivity index (χ4v) is 1.56. The first kappa shape index (κ1) is 10.6. The summed E-state index contributed by atoms with van der Waals surface area (Å²) in [5.41, 5.74) is 1.21. The number of hydrazine groups is 1. The highest BCUT2D eigenvalue weighted by Crippen LogP contribution is 2.36. The summed E-state index contributed by atoms with van der Waals surface area (Å²) < 4.78 is 37.4. The van der Waals surface area contributed by atoms with Crippen LogP contribution >= 0.6 is 22.6 Å². The van der Waals surface area contributed by atoms with E-state index in [1.807, 2.05) is 5.43 Å². The van der Waals surface area contributed by atoms with E-state index in [0.717, 1.165) is 6.07 Å². The van der Waals surface area contributed by atoms with Crippen LogP contribution in [0.15, 0.2) is 18.2 Å². The van der Waals surface area contributed by atoms with Crippen LogP contribution in [0.1, 0.15) is 5.56 Å². The molecule has 0 aromatic heterocycles. The molecule has 6 heteroatoms. The SMILES string of the molecule is NNc1c(I)cccc1C(F)(F)F. The van der Waals surface area contributed by atoms with E-state index in [2.05, 4.69) is 0 Å². The van der Waals surface area contributed by atoms with Gasteiger partial charge in [-0.25, -0.2) is 0 Å². The van der Waals surface area contributed by atoms with Crippen molar-refractivity contribution in [3.8, 4) is 0 Å². The normalized spacial score (nSPS) is 11.5. The molecule has 0 unspecified atom stereocenters. The van der Waals surface area contributed by atoms with E-state index >= 15 is 0 Å². The Morgan fingerprint density at radius 2 is 1.92 bits per heavy atom. The Hall–Kier alpha value is -0.500. The number of anilines is 1. The molecule has 0 saturated carbocycles. The van der Waals surface area contributed by atoms with Crippen molar-refractivity contribution in [1.82, 2.24) is 0 Å². The molecule has 0 heterocycles. The zero-order valence-electron chi connectivity index (χ0n) is 6.32. The highest BCUT2D eigenvalue weighted by molar-refractivity contribution is 14.1. The van der Waals surface area contributed by atoms with Gasteiger partial charge in [0.15, 0.2) is 0 Å². The molecule has 1 aromatic rings. The number of hydrogen-bond acceptors (Lipinski definition) is 2. The smallest absolute Gasteiger partial charge is 0.323 e. The van der Waals surface area contributed by atoms with Crippen molar-refractivity contribution >= 4 is 28.3 Å². The number of hydrogen-bond donors (Lipinski definition) is 2. The Bertz CT molecular complexity index is 311. The first-order valence-corrected chi connectivity index (χ1v) is 4.37. The fraction of sp³-hybridized carbons (Fsp3) is 0.143. The van der Waals surface area contributed by atoms with E-state index in [9.17, 15) is 13.2 Å². The van der Waals surface area contributed by atoms with Gasteiger partial charge in [-0.05, 0) is 34.7 Å². The molecule has 3 N–H and O–H groups in total. The van der Waals surface area contributed by atoms with Gasteiger partial charge in [-0.15, -0.1) is 0 Å². The Morgan fingerprint density at radius 3 is 2.31 bits per heavy atom. The summed E-state index contributed by atoms with van der Waals surface area (Å²) in [6, 6.07) is 3.87. The Morgan fingerprint density at radius 1 is 1.31 bits per heavy atom. The number of benzene rings is 1. The van der Waals surface area contributed by atoms with Crippen LogP contribution in [0.5, 0.6) is 0 Å². The molecular formula is C7H6F3IN2. The standard InChI is InChI=1S/C7H6F3IN2/c8-7(9,10)4-2-1-3-5(11)6(4)13-12/h1-3,13H,12H2. The maximum atomic E-state index is 12.3. The lowest BCUT2D eigenvalue weighted by molar-refractivity contribution is -0.137. The maximum Gasteiger partial charge on any atom is 0.418 e. The maximum absolute atomic E-state index is 12.3. The van der Waals surface area contributed by atoms with Gasteiger partial charge in [0, 0.05) is 3.57 Å². The second-order valence-corrected chi connectivity index (χ2v) is 3.47. The monoisotopic (exact) mass is 302 g/mol. The molecule has 0 aliphatic rings. The lowest BCUT2D eigenvalue weighted by Crippen LogP contribution is -2.15. The molecule has 0 aliphatic heterocycles. The van der Waals surface area contributed by atoms with Gasteiger partial charge in [0.25, 0.3) is 0 Å². The Balaban J connectivity index is 3.29. The van der Waals surface area contributed by atoms with Gasteiger partial charge in [-0.2, -0.15) is 13.2 Å². The van der Waals surface area contributed by atoms with E-state index in [1.54, 1.807) is 28.7 Å². The molecular weight excluding hydrogens is 296 g/mol. The quantitative estimate of drug-likeness (QED) is 0.475. The van der Waals surface area contributed by atoms with Gasteiger partial charge >= 0.3 is 6.18 Å². The Kier molecular flexibility index (Phi) is 3.01. The van der Waals surface area contributed by atoms with Gasteiger partial charge in [-0.1, -0.05) is 6.07 Å². The second kappa shape index (κ2) is 3.70. The number of halogens is 4. The van der Waals surface area contributed by atoms with Crippen LogP contribution in [0.4, 0.5) is 18.9 Å². The van der Waals surface area contributed by atoms with Crippen LogP contribution < -0.4 is 11.3 Å². The van der Waals surface area contributed by atoms with Crippen molar-refractivity contribution in [1.29, 1.82) is 0 Å². The van der Waals surface area contributed by atoms with Gasteiger partial charge < -0.3 is 5.43 Å². The first-order valence-electron chi connectivity index (χ1n) is 3.29. The van der Waals surface area contributed by atoms with E-state index in [-0.39, 0.29) is 5.69 Å². The summed E-state index contributed by atoms with van der Waals surface area (Å²) in [5.74, 6) is 4.99. The van der Waals surface area contributed by atoms with Crippen LogP contribution in [0.3, 0.4) is 0 Å². The number of nitrogens with one attached hydrogen (secondary N) is 1. The molecule has 1 aromatic carbocycles. The van der Waals surface area contributed by atoms with Gasteiger partial charge in [0.2, 0.25) is 0 Å². The topological polar surface area (TPSA) is 38.0 Å². The molecule has 0 amide bonds. The van der Waals surface area contributed by atoms with Gasteiger partial charge in [0.1, 0.15) is 0 Å². The minimum absolute atomic E-state index is 0.0874. The van der Waals surface area contributed by atoms with E-state index in [4.69, 9.17) is 5.84 Å². The molecule has 0 atom stereocenters. The number of para-hydroxylation sites is 1. The number of nitrogen functional groups attached to an aromatic ring is 1. The molecule has 72 valence electrons. The predicted octanol–water partition coefficient (Wildman–Crippen LogP) is 2.60. The first-order chi connectivity index (χ1) is 5.96. The van der Waals surface area contributed by atoms with Crippen molar-refractivity contribution in [2.75, 3.05) is 5.43 Å². The van der Waals surface area contributed by atoms with Crippen LogP contribution in [-0.4, -0.2) is 0 Å². The average molecular weight is 302 g/mol. The van der Waals surface area contributed by atoms with Crippen LogP contribution in [0.25, 0.3) is 0 Å². The fourth-order valence-electron chi connectivity index (χ4n) is 0.907. The van der Waals surface area contributed by atoms with Crippen molar-refractivity contribution in [2.24, 2.45) is 5.84 Å². The number of nitrogens with two attached hydrogens (primary N) is 1. The summed E-state index contributed by atoms with van der Waals surface area (Å²) in [6.07, 6.45) is -4.37. The third-order valence-electron chi connectivity index (χ3n) is 1.46. The largest absolute Gasteiger partial charge is 0.418 e. The van der Waals surface area contributed by atoms with Gasteiger partial charge in [-0.3, -0.25) is 5.84 Å². The van der Waals surface area contributed by atoms with Crippen LogP contribution in [0, 0.1) is 3.57 Å². The van der Waals surface area contributed by atoms with Crippen LogP contribution in [0.2, 0.25) is 0 Å². The number of rotatable bonds is 1. The van der Waals surface area contributed by atoms with E-state index in [0.29, 0.717) is 3.57 Å². The summed E-state index contributed by atoms with van der Waals surface area (Å²) >= 11 is 1.78. The molecule has 0 radical (unpaired) electrons. The van der Waals surface area contributed by atoms with Crippen molar-refractivity contribution in [3.05, 3.63) is 27.3 Å². The highest BCUT2D eigenvalue weighted by Gasteiger charge is 2.33. The van der Waals surface area contributed by atoms with Crippen molar-refractivity contribution in [3.63, 3.8) is 0 Å².